The van der Waals surface area contributed by atoms with Crippen LogP contribution in [0, 0.1) is 17.8 Å². The van der Waals surface area contributed by atoms with Crippen molar-refractivity contribution in [3.8, 4) is 0 Å². The minimum absolute atomic E-state index is 0.0163. The molecule has 1 aliphatic carbocycles. The quantitative estimate of drug-likeness (QED) is 0.141. The van der Waals surface area contributed by atoms with Crippen molar-refractivity contribution in [2.75, 3.05) is 19.8 Å². The van der Waals surface area contributed by atoms with Crippen LogP contribution in [0.25, 0.3) is 0 Å². The van der Waals surface area contributed by atoms with Gasteiger partial charge in [0.15, 0.2) is 0 Å². The lowest BCUT2D eigenvalue weighted by molar-refractivity contribution is -0.153. The Balaban J connectivity index is 1.50. The van der Waals surface area contributed by atoms with Crippen molar-refractivity contribution < 1.29 is 33.8 Å². The van der Waals surface area contributed by atoms with E-state index in [0.29, 0.717) is 25.8 Å². The SMILES string of the molecule is C=CCCC(=O)OC[C@@H](NC(=O)[C@@H]1[C@H]2O[C@@]3(CC2Br)[C@H](C(=O)N(CC=C)C2CCCCC2)N([C@@H](CO)CC(C)C)C(=O)[C@@H]13)c1ccccc1. The van der Waals surface area contributed by atoms with Gasteiger partial charge in [-0.05, 0) is 43.6 Å². The van der Waals surface area contributed by atoms with Crippen LogP contribution in [0.4, 0.5) is 0 Å². The number of benzene rings is 1. The Bertz CT molecular complexity index is 1370. The number of nitrogens with zero attached hydrogens (tertiary/aromatic N) is 2. The van der Waals surface area contributed by atoms with Crippen LogP contribution in [0.5, 0.6) is 0 Å². The van der Waals surface area contributed by atoms with Crippen molar-refractivity contribution >= 4 is 39.6 Å². The second-order valence-electron chi connectivity index (χ2n) is 14.4. The summed E-state index contributed by atoms with van der Waals surface area (Å²) in [5, 5.41) is 13.8. The lowest BCUT2D eigenvalue weighted by atomic mass is 9.70. The van der Waals surface area contributed by atoms with Crippen molar-refractivity contribution in [3.05, 3.63) is 61.2 Å². The number of fused-ring (bicyclic) bond motifs is 1. The predicted molar refractivity (Wildman–Crippen MR) is 189 cm³/mol. The van der Waals surface area contributed by atoms with Gasteiger partial charge in [-0.3, -0.25) is 19.2 Å². The van der Waals surface area contributed by atoms with Crippen molar-refractivity contribution in [3.63, 3.8) is 0 Å². The minimum atomic E-state index is -1.26. The lowest BCUT2D eigenvalue weighted by Crippen LogP contribution is -2.60. The summed E-state index contributed by atoms with van der Waals surface area (Å²) < 4.78 is 12.4. The van der Waals surface area contributed by atoms with Gasteiger partial charge in [-0.1, -0.05) is 91.5 Å². The lowest BCUT2D eigenvalue weighted by Gasteiger charge is -2.42. The highest BCUT2D eigenvalue weighted by atomic mass is 79.9. The minimum Gasteiger partial charge on any atom is -0.463 e. The van der Waals surface area contributed by atoms with Crippen molar-refractivity contribution in [2.24, 2.45) is 17.8 Å². The van der Waals surface area contributed by atoms with E-state index in [2.05, 4.69) is 34.4 Å². The molecule has 49 heavy (non-hydrogen) atoms. The van der Waals surface area contributed by atoms with E-state index in [4.69, 9.17) is 9.47 Å². The topological polar surface area (TPSA) is 125 Å². The van der Waals surface area contributed by atoms with Gasteiger partial charge in [0.1, 0.15) is 18.2 Å². The van der Waals surface area contributed by atoms with Crippen LogP contribution in [-0.2, 0) is 28.7 Å². The molecule has 1 aromatic rings. The number of nitrogens with one attached hydrogen (secondary N) is 1. The van der Waals surface area contributed by atoms with E-state index < -0.39 is 53.5 Å². The van der Waals surface area contributed by atoms with Crippen LogP contribution in [0.1, 0.15) is 83.2 Å². The number of allylic oxidation sites excluding steroid dienone is 1. The molecule has 1 unspecified atom stereocenters. The molecular formula is C38H52BrN3O7. The Kier molecular flexibility index (Phi) is 12.4. The van der Waals surface area contributed by atoms with Gasteiger partial charge >= 0.3 is 5.97 Å². The summed E-state index contributed by atoms with van der Waals surface area (Å²) in [7, 11) is 0. The van der Waals surface area contributed by atoms with Crippen LogP contribution >= 0.6 is 15.9 Å². The Hall–Kier alpha value is -3.02. The summed E-state index contributed by atoms with van der Waals surface area (Å²) in [4.78, 5) is 59.8. The molecule has 3 aliphatic heterocycles. The molecule has 0 radical (unpaired) electrons. The fraction of sp³-hybridized carbons (Fsp3) is 0.632. The van der Waals surface area contributed by atoms with Gasteiger partial charge in [0, 0.05) is 23.8 Å². The molecule has 5 rings (SSSR count). The number of likely N-dealkylation sites (tertiary alicyclic amines) is 1. The number of aliphatic hydroxyl groups is 1. The molecule has 11 heteroatoms. The first-order valence-electron chi connectivity index (χ1n) is 17.9. The maximum absolute atomic E-state index is 14.9. The standard InChI is InChI=1S/C38H52BrN3O7/c1-5-7-18-30(44)48-23-29(25-14-10-8-11-15-25)40-35(45)31-32-36(46)42(27(22-43)20-24(3)4)34(38(32)21-28(39)33(31)49-38)37(47)41(19-6-2)26-16-12-9-13-17-26/h5-6,8,10-11,14-15,24,26-29,31-34,43H,1-2,7,9,12-13,16-23H2,3-4H3,(H,40,45)/t27-,28?,29-,31+,32-,33+,34+,38-/m1/s1. The summed E-state index contributed by atoms with van der Waals surface area (Å²) in [5.74, 6) is -3.04. The molecule has 3 amide bonds. The molecule has 2 N–H and O–H groups in total. The van der Waals surface area contributed by atoms with Crippen LogP contribution < -0.4 is 5.32 Å². The monoisotopic (exact) mass is 741 g/mol. The number of esters is 1. The van der Waals surface area contributed by atoms with Crippen molar-refractivity contribution in [2.45, 2.75) is 112 Å². The normalized spacial score (nSPS) is 29.0. The van der Waals surface area contributed by atoms with E-state index in [9.17, 15) is 24.3 Å². The number of hydrogen-bond donors (Lipinski definition) is 2. The second kappa shape index (κ2) is 16.3. The van der Waals surface area contributed by atoms with Crippen molar-refractivity contribution in [1.82, 2.24) is 15.1 Å². The Morgan fingerprint density at radius 1 is 1.16 bits per heavy atom. The smallest absolute Gasteiger partial charge is 0.306 e. The molecule has 1 spiro atoms. The molecule has 3 saturated heterocycles. The average Bonchev–Trinajstić information content (AvgIpc) is 3.70. The summed E-state index contributed by atoms with van der Waals surface area (Å²) in [6.45, 7) is 11.6. The first kappa shape index (κ1) is 37.2. The van der Waals surface area contributed by atoms with E-state index in [1.165, 1.54) is 0 Å². The van der Waals surface area contributed by atoms with Crippen LogP contribution in [0.15, 0.2) is 55.6 Å². The van der Waals surface area contributed by atoms with Crippen LogP contribution in [0.2, 0.25) is 0 Å². The molecule has 10 nitrogen and oxygen atoms in total. The van der Waals surface area contributed by atoms with Crippen LogP contribution in [0.3, 0.4) is 0 Å². The molecule has 2 bridgehead atoms. The predicted octanol–water partition coefficient (Wildman–Crippen LogP) is 4.86. The number of alkyl halides is 1. The molecule has 268 valence electrons. The Morgan fingerprint density at radius 3 is 2.51 bits per heavy atom. The molecule has 4 aliphatic rings. The van der Waals surface area contributed by atoms with Gasteiger partial charge in [0.2, 0.25) is 17.7 Å². The van der Waals surface area contributed by atoms with E-state index in [1.807, 2.05) is 49.1 Å². The number of carbonyl (C=O) groups excluding carboxylic acids is 4. The van der Waals surface area contributed by atoms with Gasteiger partial charge in [0.05, 0.1) is 36.6 Å². The summed E-state index contributed by atoms with van der Waals surface area (Å²) >= 11 is 3.77. The highest BCUT2D eigenvalue weighted by Gasteiger charge is 2.77. The molecule has 4 fully saturated rings. The Labute approximate surface area is 298 Å². The molecule has 0 aromatic heterocycles. The van der Waals surface area contributed by atoms with E-state index in [0.717, 1.165) is 37.7 Å². The van der Waals surface area contributed by atoms with Crippen molar-refractivity contribution in [1.29, 1.82) is 0 Å². The third-order valence-electron chi connectivity index (χ3n) is 10.7. The van der Waals surface area contributed by atoms with E-state index in [-0.39, 0.29) is 48.2 Å². The number of halogens is 1. The zero-order chi connectivity index (χ0) is 35.3. The zero-order valence-electron chi connectivity index (χ0n) is 28.8. The van der Waals surface area contributed by atoms with Gasteiger partial charge in [-0.15, -0.1) is 13.2 Å². The first-order valence-corrected chi connectivity index (χ1v) is 18.8. The fourth-order valence-electron chi connectivity index (χ4n) is 8.61. The second-order valence-corrected chi connectivity index (χ2v) is 15.6. The summed E-state index contributed by atoms with van der Waals surface area (Å²) in [6, 6.07) is 6.98. The third kappa shape index (κ3) is 7.54. The fourth-order valence-corrected chi connectivity index (χ4v) is 9.55. The summed E-state index contributed by atoms with van der Waals surface area (Å²) in [6.07, 6.45) is 9.17. The molecule has 1 aromatic carbocycles. The Morgan fingerprint density at radius 2 is 1.88 bits per heavy atom. The highest BCUT2D eigenvalue weighted by molar-refractivity contribution is 9.09. The van der Waals surface area contributed by atoms with Gasteiger partial charge in [0.25, 0.3) is 0 Å². The molecular weight excluding hydrogens is 690 g/mol. The first-order chi connectivity index (χ1) is 23.6. The number of carbonyl (C=O) groups is 4. The van der Waals surface area contributed by atoms with E-state index in [1.54, 1.807) is 17.1 Å². The number of hydrogen-bond acceptors (Lipinski definition) is 7. The number of aliphatic hydroxyl groups excluding tert-OH is 1. The number of rotatable bonds is 16. The highest BCUT2D eigenvalue weighted by Crippen LogP contribution is 2.61. The maximum atomic E-state index is 14.9. The average molecular weight is 743 g/mol. The van der Waals surface area contributed by atoms with Gasteiger partial charge in [-0.25, -0.2) is 0 Å². The maximum Gasteiger partial charge on any atom is 0.306 e. The van der Waals surface area contributed by atoms with Gasteiger partial charge < -0.3 is 29.7 Å². The molecule has 1 saturated carbocycles. The molecule has 8 atom stereocenters. The number of ether oxygens (including phenoxy) is 2. The van der Waals surface area contributed by atoms with Gasteiger partial charge in [-0.2, -0.15) is 0 Å². The third-order valence-corrected chi connectivity index (χ3v) is 11.6. The zero-order valence-corrected chi connectivity index (χ0v) is 30.4. The van der Waals surface area contributed by atoms with E-state index >= 15 is 0 Å². The largest absolute Gasteiger partial charge is 0.463 e. The number of amides is 3. The van der Waals surface area contributed by atoms with Crippen LogP contribution in [-0.4, -0.2) is 93.0 Å². The summed E-state index contributed by atoms with van der Waals surface area (Å²) in [5.41, 5.74) is -0.508. The molecule has 3 heterocycles.